The van der Waals surface area contributed by atoms with Gasteiger partial charge in [0.15, 0.2) is 0 Å². The molecule has 0 atom stereocenters. The molecule has 1 aromatic carbocycles. The molecule has 1 aromatic rings. The maximum absolute atomic E-state index is 10.5. The molecular formula is C11H14ClNO2. The summed E-state index contributed by atoms with van der Waals surface area (Å²) in [5.74, 6) is 0.343. The number of aryl methyl sites for hydroxylation is 1. The second-order valence-electron chi connectivity index (χ2n) is 3.35. The molecule has 0 aliphatic heterocycles. The topological polar surface area (TPSA) is 52.3 Å². The fraction of sp³-hybridized carbons (Fsp3) is 0.364. The van der Waals surface area contributed by atoms with Gasteiger partial charge in [-0.3, -0.25) is 4.79 Å². The molecule has 1 rings (SSSR count). The zero-order chi connectivity index (χ0) is 11.3. The third kappa shape index (κ3) is 4.21. The summed E-state index contributed by atoms with van der Waals surface area (Å²) in [6, 6.07) is 5.57. The zero-order valence-electron chi connectivity index (χ0n) is 8.63. The van der Waals surface area contributed by atoms with Crippen LogP contribution in [0.25, 0.3) is 0 Å². The number of rotatable bonds is 5. The zero-order valence-corrected chi connectivity index (χ0v) is 9.38. The smallest absolute Gasteiger partial charge is 0.217 e. The van der Waals surface area contributed by atoms with E-state index in [0.29, 0.717) is 30.2 Å². The van der Waals surface area contributed by atoms with E-state index < -0.39 is 0 Å². The summed E-state index contributed by atoms with van der Waals surface area (Å²) in [4.78, 5) is 10.5. The van der Waals surface area contributed by atoms with Crippen LogP contribution < -0.4 is 10.5 Å². The molecule has 0 aliphatic rings. The van der Waals surface area contributed by atoms with Crippen LogP contribution in [0.15, 0.2) is 18.2 Å². The number of carbonyl (C=O) groups is 1. The van der Waals surface area contributed by atoms with Gasteiger partial charge in [0.2, 0.25) is 5.91 Å². The standard InChI is InChI=1S/C11H14ClNO2/c1-8-4-5-9(12)10(7-8)15-6-2-3-11(13)14/h4-5,7H,2-3,6H2,1H3,(H2,13,14). The quantitative estimate of drug-likeness (QED) is 0.785. The molecule has 0 radical (unpaired) electrons. The van der Waals surface area contributed by atoms with Crippen LogP contribution >= 0.6 is 11.6 Å². The Bertz CT molecular complexity index is 352. The minimum absolute atomic E-state index is 0.311. The van der Waals surface area contributed by atoms with E-state index in [2.05, 4.69) is 0 Å². The van der Waals surface area contributed by atoms with Gasteiger partial charge in [0.25, 0.3) is 0 Å². The molecule has 1 amide bonds. The minimum Gasteiger partial charge on any atom is -0.492 e. The van der Waals surface area contributed by atoms with Gasteiger partial charge in [-0.2, -0.15) is 0 Å². The molecule has 2 N–H and O–H groups in total. The summed E-state index contributed by atoms with van der Waals surface area (Å²) in [6.07, 6.45) is 0.947. The molecule has 0 aromatic heterocycles. The Morgan fingerprint density at radius 1 is 1.53 bits per heavy atom. The van der Waals surface area contributed by atoms with E-state index >= 15 is 0 Å². The van der Waals surface area contributed by atoms with Gasteiger partial charge in [0.05, 0.1) is 11.6 Å². The molecule has 0 spiro atoms. The highest BCUT2D eigenvalue weighted by Gasteiger charge is 2.01. The molecular weight excluding hydrogens is 214 g/mol. The van der Waals surface area contributed by atoms with Crippen molar-refractivity contribution in [1.29, 1.82) is 0 Å². The molecule has 0 unspecified atom stereocenters. The summed E-state index contributed by atoms with van der Waals surface area (Å²) < 4.78 is 5.43. The number of nitrogens with two attached hydrogens (primary N) is 1. The highest BCUT2D eigenvalue weighted by atomic mass is 35.5. The largest absolute Gasteiger partial charge is 0.492 e. The lowest BCUT2D eigenvalue weighted by atomic mass is 10.2. The lowest BCUT2D eigenvalue weighted by molar-refractivity contribution is -0.118. The predicted octanol–water partition coefficient (Wildman–Crippen LogP) is 2.29. The fourth-order valence-electron chi connectivity index (χ4n) is 1.15. The lowest BCUT2D eigenvalue weighted by Gasteiger charge is -2.07. The third-order valence-electron chi connectivity index (χ3n) is 1.91. The van der Waals surface area contributed by atoms with Gasteiger partial charge in [0, 0.05) is 6.42 Å². The Morgan fingerprint density at radius 3 is 2.93 bits per heavy atom. The Labute approximate surface area is 94.2 Å². The third-order valence-corrected chi connectivity index (χ3v) is 2.22. The summed E-state index contributed by atoms with van der Waals surface area (Å²) >= 11 is 5.92. The number of halogens is 1. The Hall–Kier alpha value is -1.22. The molecule has 4 heteroatoms. The lowest BCUT2D eigenvalue weighted by Crippen LogP contribution is -2.11. The van der Waals surface area contributed by atoms with E-state index in [9.17, 15) is 4.79 Å². The second-order valence-corrected chi connectivity index (χ2v) is 3.76. The maximum atomic E-state index is 10.5. The van der Waals surface area contributed by atoms with E-state index in [1.54, 1.807) is 6.07 Å². The van der Waals surface area contributed by atoms with Crippen LogP contribution in [0.2, 0.25) is 5.02 Å². The van der Waals surface area contributed by atoms with Gasteiger partial charge < -0.3 is 10.5 Å². The predicted molar refractivity (Wildman–Crippen MR) is 60.1 cm³/mol. The summed E-state index contributed by atoms with van der Waals surface area (Å²) in [5, 5.41) is 0.583. The highest BCUT2D eigenvalue weighted by Crippen LogP contribution is 2.25. The number of carbonyl (C=O) groups excluding carboxylic acids is 1. The Balaban J connectivity index is 2.43. The normalized spacial score (nSPS) is 10.0. The van der Waals surface area contributed by atoms with Crippen molar-refractivity contribution in [2.45, 2.75) is 19.8 Å². The molecule has 0 aliphatic carbocycles. The van der Waals surface area contributed by atoms with E-state index in [4.69, 9.17) is 22.1 Å². The molecule has 0 heterocycles. The molecule has 0 fully saturated rings. The molecule has 82 valence electrons. The van der Waals surface area contributed by atoms with Crippen molar-refractivity contribution in [3.05, 3.63) is 28.8 Å². The first-order valence-electron chi connectivity index (χ1n) is 4.77. The van der Waals surface area contributed by atoms with E-state index in [1.165, 1.54) is 0 Å². The number of primary amides is 1. The first-order chi connectivity index (χ1) is 7.09. The van der Waals surface area contributed by atoms with E-state index in [-0.39, 0.29) is 5.91 Å². The fourth-order valence-corrected chi connectivity index (χ4v) is 1.32. The highest BCUT2D eigenvalue weighted by molar-refractivity contribution is 6.32. The summed E-state index contributed by atoms with van der Waals surface area (Å²) in [5.41, 5.74) is 6.09. The number of hydrogen-bond donors (Lipinski definition) is 1. The van der Waals surface area contributed by atoms with Gasteiger partial charge in [-0.25, -0.2) is 0 Å². The molecule has 0 saturated carbocycles. The van der Waals surface area contributed by atoms with Crippen molar-refractivity contribution in [1.82, 2.24) is 0 Å². The van der Waals surface area contributed by atoms with E-state index in [0.717, 1.165) is 5.56 Å². The summed E-state index contributed by atoms with van der Waals surface area (Å²) in [7, 11) is 0. The van der Waals surface area contributed by atoms with Crippen LogP contribution in [0.1, 0.15) is 18.4 Å². The molecule has 3 nitrogen and oxygen atoms in total. The van der Waals surface area contributed by atoms with Gasteiger partial charge >= 0.3 is 0 Å². The monoisotopic (exact) mass is 227 g/mol. The van der Waals surface area contributed by atoms with Crippen molar-refractivity contribution < 1.29 is 9.53 Å². The SMILES string of the molecule is Cc1ccc(Cl)c(OCCCC(N)=O)c1. The molecule has 0 saturated heterocycles. The number of amides is 1. The second kappa shape index (κ2) is 5.61. The van der Waals surface area contributed by atoms with Crippen LogP contribution in [0.3, 0.4) is 0 Å². The summed E-state index contributed by atoms with van der Waals surface area (Å²) in [6.45, 7) is 2.42. The van der Waals surface area contributed by atoms with Gasteiger partial charge in [-0.15, -0.1) is 0 Å². The van der Waals surface area contributed by atoms with Crippen molar-refractivity contribution in [2.24, 2.45) is 5.73 Å². The van der Waals surface area contributed by atoms with Crippen molar-refractivity contribution in [2.75, 3.05) is 6.61 Å². The van der Waals surface area contributed by atoms with Crippen LogP contribution in [-0.4, -0.2) is 12.5 Å². The van der Waals surface area contributed by atoms with Crippen molar-refractivity contribution in [3.63, 3.8) is 0 Å². The number of hydrogen-bond acceptors (Lipinski definition) is 2. The van der Waals surface area contributed by atoms with Crippen LogP contribution in [0.4, 0.5) is 0 Å². The minimum atomic E-state index is -0.311. The van der Waals surface area contributed by atoms with Crippen LogP contribution in [0, 0.1) is 6.92 Å². The van der Waals surface area contributed by atoms with Gasteiger partial charge in [-0.1, -0.05) is 17.7 Å². The van der Waals surface area contributed by atoms with Crippen LogP contribution in [-0.2, 0) is 4.79 Å². The number of ether oxygens (including phenoxy) is 1. The molecule has 15 heavy (non-hydrogen) atoms. The Morgan fingerprint density at radius 2 is 2.27 bits per heavy atom. The first kappa shape index (κ1) is 11.9. The van der Waals surface area contributed by atoms with Gasteiger partial charge in [-0.05, 0) is 31.0 Å². The van der Waals surface area contributed by atoms with E-state index in [1.807, 2.05) is 19.1 Å². The van der Waals surface area contributed by atoms with Crippen molar-refractivity contribution >= 4 is 17.5 Å². The van der Waals surface area contributed by atoms with Gasteiger partial charge in [0.1, 0.15) is 5.75 Å². The van der Waals surface area contributed by atoms with Crippen LogP contribution in [0.5, 0.6) is 5.75 Å². The maximum Gasteiger partial charge on any atom is 0.217 e. The average Bonchev–Trinajstić information content (AvgIpc) is 2.17. The first-order valence-corrected chi connectivity index (χ1v) is 5.14. The Kier molecular flexibility index (Phi) is 4.43. The van der Waals surface area contributed by atoms with Crippen molar-refractivity contribution in [3.8, 4) is 5.75 Å². The number of benzene rings is 1. The average molecular weight is 228 g/mol. The molecule has 0 bridgehead atoms.